The van der Waals surface area contributed by atoms with E-state index in [1.165, 1.54) is 24.4 Å². The Morgan fingerprint density at radius 1 is 1.11 bits per heavy atom. The summed E-state index contributed by atoms with van der Waals surface area (Å²) in [5, 5.41) is 3.05. The molecule has 0 fully saturated rings. The minimum absolute atomic E-state index is 0.212. The van der Waals surface area contributed by atoms with Crippen LogP contribution in [0, 0.1) is 11.6 Å². The van der Waals surface area contributed by atoms with Crippen LogP contribution in [0.5, 0.6) is 0 Å². The van der Waals surface area contributed by atoms with Crippen molar-refractivity contribution >= 4 is 0 Å². The van der Waals surface area contributed by atoms with Crippen molar-refractivity contribution in [1.82, 2.24) is 10.3 Å². The molecule has 0 spiro atoms. The molecule has 0 aliphatic rings. The van der Waals surface area contributed by atoms with Crippen LogP contribution >= 0.6 is 0 Å². The molecular formula is C14H14F2N2. The van der Waals surface area contributed by atoms with Gasteiger partial charge in [-0.25, -0.2) is 8.78 Å². The van der Waals surface area contributed by atoms with Crippen LogP contribution in [0.4, 0.5) is 8.78 Å². The van der Waals surface area contributed by atoms with Crippen LogP contribution in [0.25, 0.3) is 0 Å². The molecule has 0 aliphatic carbocycles. The van der Waals surface area contributed by atoms with Gasteiger partial charge in [0.05, 0.1) is 11.7 Å². The van der Waals surface area contributed by atoms with Crippen molar-refractivity contribution in [2.45, 2.75) is 13.0 Å². The van der Waals surface area contributed by atoms with Gasteiger partial charge in [-0.2, -0.15) is 0 Å². The van der Waals surface area contributed by atoms with E-state index in [1.54, 1.807) is 18.2 Å². The molecule has 18 heavy (non-hydrogen) atoms. The Kier molecular flexibility index (Phi) is 3.99. The lowest BCUT2D eigenvalue weighted by Gasteiger charge is -2.18. The number of pyridine rings is 1. The third-order valence-electron chi connectivity index (χ3n) is 2.68. The predicted molar refractivity (Wildman–Crippen MR) is 66.1 cm³/mol. The summed E-state index contributed by atoms with van der Waals surface area (Å²) in [6.45, 7) is 2.48. The van der Waals surface area contributed by atoms with E-state index in [9.17, 15) is 8.78 Å². The molecule has 1 N–H and O–H groups in total. The maximum Gasteiger partial charge on any atom is 0.146 e. The summed E-state index contributed by atoms with van der Waals surface area (Å²) in [5.74, 6) is -0.805. The third kappa shape index (κ3) is 2.54. The Morgan fingerprint density at radius 2 is 1.83 bits per heavy atom. The largest absolute Gasteiger partial charge is 0.305 e. The first-order valence-corrected chi connectivity index (χ1v) is 5.82. The molecule has 2 rings (SSSR count). The zero-order valence-electron chi connectivity index (χ0n) is 10.0. The summed E-state index contributed by atoms with van der Waals surface area (Å²) in [6.07, 6.45) is 1.50. The standard InChI is InChI=1S/C14H14F2N2/c1-2-17-13(10-6-3-4-7-11(10)15)14-12(16)8-5-9-18-14/h3-9,13,17H,2H2,1H3. The molecule has 1 atom stereocenters. The SMILES string of the molecule is CCNC(c1ccccc1F)c1ncccc1F. The summed E-state index contributed by atoms with van der Waals surface area (Å²) in [7, 11) is 0. The van der Waals surface area contributed by atoms with Crippen molar-refractivity contribution in [2.24, 2.45) is 0 Å². The van der Waals surface area contributed by atoms with E-state index < -0.39 is 11.9 Å². The molecule has 0 bridgehead atoms. The molecule has 4 heteroatoms. The summed E-state index contributed by atoms with van der Waals surface area (Å²) in [5.41, 5.74) is 0.612. The number of rotatable bonds is 4. The van der Waals surface area contributed by atoms with Gasteiger partial charge in [0, 0.05) is 11.8 Å². The van der Waals surface area contributed by atoms with E-state index in [4.69, 9.17) is 0 Å². The second-order valence-electron chi connectivity index (χ2n) is 3.88. The molecule has 0 radical (unpaired) electrons. The summed E-state index contributed by atoms with van der Waals surface area (Å²) in [6, 6.07) is 8.60. The van der Waals surface area contributed by atoms with Gasteiger partial charge in [-0.1, -0.05) is 25.1 Å². The van der Waals surface area contributed by atoms with E-state index in [1.807, 2.05) is 6.92 Å². The molecule has 0 aliphatic heterocycles. The van der Waals surface area contributed by atoms with Crippen molar-refractivity contribution in [3.63, 3.8) is 0 Å². The summed E-state index contributed by atoms with van der Waals surface area (Å²) in [4.78, 5) is 4.01. The maximum absolute atomic E-state index is 13.8. The van der Waals surface area contributed by atoms with Crippen molar-refractivity contribution in [3.05, 3.63) is 65.5 Å². The third-order valence-corrected chi connectivity index (χ3v) is 2.68. The monoisotopic (exact) mass is 248 g/mol. The Bertz CT molecular complexity index is 483. The zero-order valence-corrected chi connectivity index (χ0v) is 10.0. The Hall–Kier alpha value is -1.81. The lowest BCUT2D eigenvalue weighted by Crippen LogP contribution is -2.24. The normalized spacial score (nSPS) is 12.4. The van der Waals surface area contributed by atoms with Gasteiger partial charge in [0.1, 0.15) is 11.6 Å². The Labute approximate surface area is 105 Å². The molecule has 2 nitrogen and oxygen atoms in total. The van der Waals surface area contributed by atoms with E-state index in [0.717, 1.165) is 0 Å². The van der Waals surface area contributed by atoms with Crippen molar-refractivity contribution in [1.29, 1.82) is 0 Å². The van der Waals surface area contributed by atoms with Gasteiger partial charge in [-0.15, -0.1) is 0 Å². The molecule has 0 amide bonds. The van der Waals surface area contributed by atoms with E-state index >= 15 is 0 Å². The summed E-state index contributed by atoms with van der Waals surface area (Å²) >= 11 is 0. The molecule has 94 valence electrons. The predicted octanol–water partition coefficient (Wildman–Crippen LogP) is 3.06. The number of hydrogen-bond donors (Lipinski definition) is 1. The maximum atomic E-state index is 13.8. The van der Waals surface area contributed by atoms with Crippen LogP contribution < -0.4 is 5.32 Å². The minimum atomic E-state index is -0.572. The van der Waals surface area contributed by atoms with Crippen molar-refractivity contribution < 1.29 is 8.78 Å². The van der Waals surface area contributed by atoms with Crippen molar-refractivity contribution in [3.8, 4) is 0 Å². The second-order valence-corrected chi connectivity index (χ2v) is 3.88. The first-order chi connectivity index (χ1) is 8.74. The number of benzene rings is 1. The smallest absolute Gasteiger partial charge is 0.146 e. The topological polar surface area (TPSA) is 24.9 Å². The average molecular weight is 248 g/mol. The van der Waals surface area contributed by atoms with Gasteiger partial charge in [0.25, 0.3) is 0 Å². The zero-order chi connectivity index (χ0) is 13.0. The lowest BCUT2D eigenvalue weighted by molar-refractivity contribution is 0.518. The lowest BCUT2D eigenvalue weighted by atomic mass is 10.0. The average Bonchev–Trinajstić information content (AvgIpc) is 2.38. The Morgan fingerprint density at radius 3 is 2.50 bits per heavy atom. The highest BCUT2D eigenvalue weighted by molar-refractivity contribution is 5.29. The number of aromatic nitrogens is 1. The summed E-state index contributed by atoms with van der Waals surface area (Å²) < 4.78 is 27.5. The van der Waals surface area contributed by atoms with E-state index in [-0.39, 0.29) is 11.5 Å². The number of nitrogens with one attached hydrogen (secondary N) is 1. The molecular weight excluding hydrogens is 234 g/mol. The van der Waals surface area contributed by atoms with Gasteiger partial charge >= 0.3 is 0 Å². The molecule has 0 saturated heterocycles. The highest BCUT2D eigenvalue weighted by Crippen LogP contribution is 2.24. The van der Waals surface area contributed by atoms with Crippen LogP contribution in [0.15, 0.2) is 42.6 Å². The molecule has 1 heterocycles. The first-order valence-electron chi connectivity index (χ1n) is 5.82. The van der Waals surface area contributed by atoms with Gasteiger partial charge in [0.15, 0.2) is 0 Å². The van der Waals surface area contributed by atoms with Crippen LogP contribution in [0.3, 0.4) is 0 Å². The fraction of sp³-hybridized carbons (Fsp3) is 0.214. The van der Waals surface area contributed by atoms with E-state index in [0.29, 0.717) is 12.1 Å². The van der Waals surface area contributed by atoms with Crippen LogP contribution in [0.1, 0.15) is 24.2 Å². The van der Waals surface area contributed by atoms with Crippen molar-refractivity contribution in [2.75, 3.05) is 6.54 Å². The fourth-order valence-corrected chi connectivity index (χ4v) is 1.88. The number of nitrogens with zero attached hydrogens (tertiary/aromatic N) is 1. The quantitative estimate of drug-likeness (QED) is 0.899. The highest BCUT2D eigenvalue weighted by atomic mass is 19.1. The molecule has 1 unspecified atom stereocenters. The van der Waals surface area contributed by atoms with Gasteiger partial charge in [-0.05, 0) is 24.7 Å². The van der Waals surface area contributed by atoms with Gasteiger partial charge in [-0.3, -0.25) is 4.98 Å². The Balaban J connectivity index is 2.47. The van der Waals surface area contributed by atoms with Crippen LogP contribution in [-0.4, -0.2) is 11.5 Å². The van der Waals surface area contributed by atoms with E-state index in [2.05, 4.69) is 10.3 Å². The number of halogens is 2. The van der Waals surface area contributed by atoms with Gasteiger partial charge < -0.3 is 5.32 Å². The molecule has 1 aromatic carbocycles. The fourth-order valence-electron chi connectivity index (χ4n) is 1.88. The number of hydrogen-bond acceptors (Lipinski definition) is 2. The molecule has 1 aromatic heterocycles. The molecule has 2 aromatic rings. The second kappa shape index (κ2) is 5.69. The molecule has 0 saturated carbocycles. The minimum Gasteiger partial charge on any atom is -0.305 e. The van der Waals surface area contributed by atoms with Gasteiger partial charge in [0.2, 0.25) is 0 Å². The van der Waals surface area contributed by atoms with Crippen LogP contribution in [-0.2, 0) is 0 Å². The highest BCUT2D eigenvalue weighted by Gasteiger charge is 2.20. The van der Waals surface area contributed by atoms with Crippen LogP contribution in [0.2, 0.25) is 0 Å². The first kappa shape index (κ1) is 12.6.